The average Bonchev–Trinajstić information content (AvgIpc) is 3.34. The highest BCUT2D eigenvalue weighted by Gasteiger charge is 2.02. The summed E-state index contributed by atoms with van der Waals surface area (Å²) in [6.07, 6.45) is 10.6. The molecule has 2 aromatic heterocycles. The van der Waals surface area contributed by atoms with E-state index in [-0.39, 0.29) is 0 Å². The van der Waals surface area contributed by atoms with E-state index in [1.807, 2.05) is 48.5 Å². The Bertz CT molecular complexity index is 841. The Hall–Kier alpha value is -3.40. The van der Waals surface area contributed by atoms with Crippen LogP contribution in [-0.2, 0) is 0 Å². The van der Waals surface area contributed by atoms with Crippen LogP contribution in [0.4, 0.5) is 0 Å². The van der Waals surface area contributed by atoms with Crippen LogP contribution in [0.15, 0.2) is 82.3 Å². The molecular weight excluding hydrogens is 300 g/mol. The normalized spacial score (nSPS) is 11.2. The van der Waals surface area contributed by atoms with Crippen molar-refractivity contribution < 1.29 is 8.83 Å². The second-order valence-corrected chi connectivity index (χ2v) is 5.25. The molecule has 0 unspecified atom stereocenters. The van der Waals surface area contributed by atoms with Crippen molar-refractivity contribution in [2.24, 2.45) is 0 Å². The predicted molar refractivity (Wildman–Crippen MR) is 92.8 cm³/mol. The number of nitrogens with zero attached hydrogens (tertiary/aromatic N) is 2. The van der Waals surface area contributed by atoms with Gasteiger partial charge < -0.3 is 8.83 Å². The first-order chi connectivity index (χ1) is 11.9. The maximum absolute atomic E-state index is 5.29. The van der Waals surface area contributed by atoms with Crippen molar-refractivity contribution >= 4 is 12.2 Å². The minimum atomic E-state index is 0.632. The molecule has 0 bridgehead atoms. The van der Waals surface area contributed by atoms with Crippen molar-refractivity contribution in [1.29, 1.82) is 0 Å². The molecular formula is C20H14N2O2. The summed E-state index contributed by atoms with van der Waals surface area (Å²) in [5, 5.41) is 0. The van der Waals surface area contributed by atoms with Crippen LogP contribution < -0.4 is 0 Å². The lowest BCUT2D eigenvalue weighted by Crippen LogP contribution is -1.79. The molecule has 0 fully saturated rings. The average molecular weight is 314 g/mol. The molecule has 0 aliphatic rings. The first-order valence-electron chi connectivity index (χ1n) is 7.56. The Morgan fingerprint density at radius 1 is 0.583 bits per heavy atom. The van der Waals surface area contributed by atoms with E-state index in [0.29, 0.717) is 11.8 Å². The predicted octanol–water partition coefficient (Wildman–Crippen LogP) is 5.17. The monoisotopic (exact) mass is 314 g/mol. The van der Waals surface area contributed by atoms with E-state index < -0.39 is 0 Å². The van der Waals surface area contributed by atoms with Crippen molar-refractivity contribution in [3.8, 4) is 22.9 Å². The third-order valence-corrected chi connectivity index (χ3v) is 3.65. The molecule has 0 amide bonds. The van der Waals surface area contributed by atoms with E-state index in [2.05, 4.69) is 22.1 Å². The number of aromatic nitrogens is 2. The Kier molecular flexibility index (Phi) is 3.78. The Labute approximate surface area is 139 Å². The summed E-state index contributed by atoms with van der Waals surface area (Å²) >= 11 is 0. The maximum Gasteiger partial charge on any atom is 0.225 e. The van der Waals surface area contributed by atoms with E-state index in [4.69, 9.17) is 8.83 Å². The van der Waals surface area contributed by atoms with Gasteiger partial charge in [-0.15, -0.1) is 0 Å². The lowest BCUT2D eigenvalue weighted by molar-refractivity contribution is 0.574. The van der Waals surface area contributed by atoms with E-state index >= 15 is 0 Å². The zero-order chi connectivity index (χ0) is 16.2. The van der Waals surface area contributed by atoms with Gasteiger partial charge in [0.05, 0.1) is 12.4 Å². The number of hydrogen-bond donors (Lipinski definition) is 0. The van der Waals surface area contributed by atoms with Crippen LogP contribution in [0.5, 0.6) is 0 Å². The summed E-state index contributed by atoms with van der Waals surface area (Å²) in [5.74, 6) is 1.26. The molecule has 0 saturated heterocycles. The lowest BCUT2D eigenvalue weighted by atomic mass is 10.1. The van der Waals surface area contributed by atoms with Gasteiger partial charge in [0.2, 0.25) is 11.8 Å². The van der Waals surface area contributed by atoms with Gasteiger partial charge in [-0.3, -0.25) is 0 Å². The molecule has 0 aliphatic carbocycles. The number of oxazole rings is 2. The van der Waals surface area contributed by atoms with Crippen LogP contribution in [0, 0.1) is 0 Å². The molecule has 0 radical (unpaired) electrons. The highest BCUT2D eigenvalue weighted by atomic mass is 16.3. The molecule has 4 nitrogen and oxygen atoms in total. The molecule has 0 spiro atoms. The van der Waals surface area contributed by atoms with Crippen molar-refractivity contribution in [2.75, 3.05) is 0 Å². The van der Waals surface area contributed by atoms with Gasteiger partial charge in [-0.2, -0.15) is 0 Å². The fraction of sp³-hybridized carbons (Fsp3) is 0. The zero-order valence-electron chi connectivity index (χ0n) is 12.8. The van der Waals surface area contributed by atoms with E-state index in [1.165, 1.54) is 0 Å². The third kappa shape index (κ3) is 3.03. The van der Waals surface area contributed by atoms with Crippen molar-refractivity contribution in [1.82, 2.24) is 9.97 Å². The molecule has 2 aromatic carbocycles. The van der Waals surface area contributed by atoms with Gasteiger partial charge in [-0.25, -0.2) is 9.97 Å². The first kappa shape index (κ1) is 14.2. The lowest BCUT2D eigenvalue weighted by Gasteiger charge is -1.99. The highest BCUT2D eigenvalue weighted by molar-refractivity contribution is 5.71. The van der Waals surface area contributed by atoms with Gasteiger partial charge in [0.25, 0.3) is 0 Å². The highest BCUT2D eigenvalue weighted by Crippen LogP contribution is 2.20. The topological polar surface area (TPSA) is 52.1 Å². The maximum atomic E-state index is 5.29. The molecule has 4 aromatic rings. The van der Waals surface area contributed by atoms with Crippen molar-refractivity contribution in [3.63, 3.8) is 0 Å². The summed E-state index contributed by atoms with van der Waals surface area (Å²) < 4.78 is 10.6. The van der Waals surface area contributed by atoms with Gasteiger partial charge in [-0.05, 0) is 35.4 Å². The summed E-state index contributed by atoms with van der Waals surface area (Å²) in [5.41, 5.74) is 4.16. The van der Waals surface area contributed by atoms with Crippen molar-refractivity contribution in [2.45, 2.75) is 0 Å². The number of benzene rings is 2. The second kappa shape index (κ2) is 6.38. The smallest absolute Gasteiger partial charge is 0.225 e. The van der Waals surface area contributed by atoms with Crippen LogP contribution in [0.25, 0.3) is 35.1 Å². The first-order valence-corrected chi connectivity index (χ1v) is 7.56. The summed E-state index contributed by atoms with van der Waals surface area (Å²) in [6.45, 7) is 0. The van der Waals surface area contributed by atoms with Crippen LogP contribution in [0.1, 0.15) is 11.1 Å². The summed E-state index contributed by atoms with van der Waals surface area (Å²) in [4.78, 5) is 8.28. The third-order valence-electron chi connectivity index (χ3n) is 3.65. The van der Waals surface area contributed by atoms with Crippen LogP contribution in [0.2, 0.25) is 0 Å². The molecule has 116 valence electrons. The van der Waals surface area contributed by atoms with Gasteiger partial charge in [0, 0.05) is 11.1 Å². The van der Waals surface area contributed by atoms with Crippen molar-refractivity contribution in [3.05, 3.63) is 84.6 Å². The molecule has 24 heavy (non-hydrogen) atoms. The van der Waals surface area contributed by atoms with Crippen LogP contribution >= 0.6 is 0 Å². The number of hydrogen-bond acceptors (Lipinski definition) is 4. The largest absolute Gasteiger partial charge is 0.445 e. The fourth-order valence-corrected chi connectivity index (χ4v) is 2.40. The van der Waals surface area contributed by atoms with Gasteiger partial charge >= 0.3 is 0 Å². The van der Waals surface area contributed by atoms with Gasteiger partial charge in [-0.1, -0.05) is 36.4 Å². The SMILES string of the molecule is C(=Cc1ccc(-c2ncco2)cc1)c1ccc(-c2ncco2)cc1. The Morgan fingerprint density at radius 3 is 1.33 bits per heavy atom. The van der Waals surface area contributed by atoms with E-state index in [9.17, 15) is 0 Å². The minimum Gasteiger partial charge on any atom is -0.445 e. The van der Waals surface area contributed by atoms with Gasteiger partial charge in [0.1, 0.15) is 12.5 Å². The molecule has 2 heterocycles. The quantitative estimate of drug-likeness (QED) is 0.488. The van der Waals surface area contributed by atoms with Crippen LogP contribution in [-0.4, -0.2) is 9.97 Å². The van der Waals surface area contributed by atoms with Crippen LogP contribution in [0.3, 0.4) is 0 Å². The summed E-state index contributed by atoms with van der Waals surface area (Å²) in [6, 6.07) is 16.1. The molecule has 0 saturated carbocycles. The van der Waals surface area contributed by atoms with E-state index in [0.717, 1.165) is 22.3 Å². The molecule has 4 rings (SSSR count). The van der Waals surface area contributed by atoms with Gasteiger partial charge in [0.15, 0.2) is 0 Å². The molecule has 0 N–H and O–H groups in total. The molecule has 4 heteroatoms. The standard InChI is InChI=1S/C20H14N2O2/c1(15-3-7-17(8-4-15)19-21-11-13-23-19)2-16-5-9-18(10-6-16)20-22-12-14-24-20/h1-14H. The molecule has 0 aliphatic heterocycles. The Balaban J connectivity index is 1.48. The Morgan fingerprint density at radius 2 is 1.00 bits per heavy atom. The second-order valence-electron chi connectivity index (χ2n) is 5.25. The number of rotatable bonds is 4. The minimum absolute atomic E-state index is 0.632. The van der Waals surface area contributed by atoms with E-state index in [1.54, 1.807) is 24.9 Å². The molecule has 0 atom stereocenters. The summed E-state index contributed by atoms with van der Waals surface area (Å²) in [7, 11) is 0. The fourth-order valence-electron chi connectivity index (χ4n) is 2.40. The zero-order valence-corrected chi connectivity index (χ0v) is 12.8.